The van der Waals surface area contributed by atoms with Crippen LogP contribution in [0.3, 0.4) is 0 Å². The fraction of sp³-hybridized carbons (Fsp3) is 0.500. The summed E-state index contributed by atoms with van der Waals surface area (Å²) in [5.74, 6) is 0.962. The predicted molar refractivity (Wildman–Crippen MR) is 88.3 cm³/mol. The van der Waals surface area contributed by atoms with Crippen LogP contribution >= 0.6 is 0 Å². The van der Waals surface area contributed by atoms with Crippen molar-refractivity contribution in [3.8, 4) is 11.3 Å². The average Bonchev–Trinajstić information content (AvgIpc) is 3.04. The summed E-state index contributed by atoms with van der Waals surface area (Å²) in [6, 6.07) is 11.3. The SMILES string of the molecule is CCCC1CCC(Nc2cccc(-c3ccn[nH]3)c2)CC1. The molecule has 1 fully saturated rings. The lowest BCUT2D eigenvalue weighted by atomic mass is 9.83. The summed E-state index contributed by atoms with van der Waals surface area (Å²) in [5.41, 5.74) is 3.49. The zero-order valence-corrected chi connectivity index (χ0v) is 12.8. The lowest BCUT2D eigenvalue weighted by Gasteiger charge is -2.29. The number of hydrogen-bond donors (Lipinski definition) is 2. The van der Waals surface area contributed by atoms with E-state index in [1.807, 2.05) is 6.07 Å². The Morgan fingerprint density at radius 3 is 2.76 bits per heavy atom. The molecule has 1 aliphatic rings. The van der Waals surface area contributed by atoms with Gasteiger partial charge in [0.1, 0.15) is 0 Å². The minimum absolute atomic E-state index is 0.634. The Morgan fingerprint density at radius 1 is 1.19 bits per heavy atom. The van der Waals surface area contributed by atoms with Crippen LogP contribution in [-0.4, -0.2) is 16.2 Å². The Balaban J connectivity index is 1.60. The van der Waals surface area contributed by atoms with Gasteiger partial charge in [0.05, 0.1) is 5.69 Å². The summed E-state index contributed by atoms with van der Waals surface area (Å²) in [6.45, 7) is 2.30. The molecule has 0 aliphatic heterocycles. The lowest BCUT2D eigenvalue weighted by molar-refractivity contribution is 0.319. The van der Waals surface area contributed by atoms with Crippen molar-refractivity contribution >= 4 is 5.69 Å². The van der Waals surface area contributed by atoms with Crippen LogP contribution in [0.2, 0.25) is 0 Å². The van der Waals surface area contributed by atoms with Gasteiger partial charge in [-0.1, -0.05) is 31.9 Å². The summed E-state index contributed by atoms with van der Waals surface area (Å²) in [6.07, 6.45) is 9.90. The standard InChI is InChI=1S/C18H25N3/c1-2-4-14-7-9-16(10-8-14)20-17-6-3-5-15(13-17)18-11-12-19-21-18/h3,5-6,11-14,16,20H,2,4,7-10H2,1H3,(H,19,21). The first-order valence-electron chi connectivity index (χ1n) is 8.21. The summed E-state index contributed by atoms with van der Waals surface area (Å²) in [5, 5.41) is 10.8. The highest BCUT2D eigenvalue weighted by Crippen LogP contribution is 2.30. The predicted octanol–water partition coefficient (Wildman–Crippen LogP) is 4.85. The second-order valence-electron chi connectivity index (χ2n) is 6.20. The summed E-state index contributed by atoms with van der Waals surface area (Å²) in [4.78, 5) is 0. The third-order valence-electron chi connectivity index (χ3n) is 4.59. The molecule has 1 aliphatic carbocycles. The first-order chi connectivity index (χ1) is 10.3. The van der Waals surface area contributed by atoms with Crippen LogP contribution in [0.25, 0.3) is 11.3 Å². The number of hydrogen-bond acceptors (Lipinski definition) is 2. The first-order valence-corrected chi connectivity index (χ1v) is 8.21. The topological polar surface area (TPSA) is 40.7 Å². The number of aromatic nitrogens is 2. The molecule has 21 heavy (non-hydrogen) atoms. The lowest BCUT2D eigenvalue weighted by Crippen LogP contribution is -2.26. The van der Waals surface area contributed by atoms with Gasteiger partial charge in [0, 0.05) is 23.5 Å². The number of benzene rings is 1. The van der Waals surface area contributed by atoms with Gasteiger partial charge >= 0.3 is 0 Å². The van der Waals surface area contributed by atoms with Gasteiger partial charge in [0.2, 0.25) is 0 Å². The number of H-pyrrole nitrogens is 1. The number of anilines is 1. The third kappa shape index (κ3) is 3.66. The summed E-state index contributed by atoms with van der Waals surface area (Å²) in [7, 11) is 0. The van der Waals surface area contributed by atoms with Gasteiger partial charge in [-0.25, -0.2) is 0 Å². The van der Waals surface area contributed by atoms with E-state index in [1.165, 1.54) is 49.8 Å². The zero-order valence-electron chi connectivity index (χ0n) is 12.8. The molecule has 0 spiro atoms. The molecule has 0 atom stereocenters. The molecule has 1 saturated carbocycles. The Hall–Kier alpha value is -1.77. The molecule has 3 heteroatoms. The van der Waals surface area contributed by atoms with E-state index in [2.05, 4.69) is 46.7 Å². The molecule has 3 rings (SSSR count). The number of nitrogens with one attached hydrogen (secondary N) is 2. The molecule has 1 aromatic carbocycles. The van der Waals surface area contributed by atoms with Gasteiger partial charge in [-0.3, -0.25) is 5.10 Å². The quantitative estimate of drug-likeness (QED) is 0.823. The molecule has 0 unspecified atom stereocenters. The second-order valence-corrected chi connectivity index (χ2v) is 6.20. The highest BCUT2D eigenvalue weighted by molar-refractivity contribution is 5.64. The average molecular weight is 283 g/mol. The second kappa shape index (κ2) is 6.79. The summed E-state index contributed by atoms with van der Waals surface area (Å²) >= 11 is 0. The first kappa shape index (κ1) is 14.2. The molecule has 1 aromatic heterocycles. The Kier molecular flexibility index (Phi) is 4.59. The summed E-state index contributed by atoms with van der Waals surface area (Å²) < 4.78 is 0. The largest absolute Gasteiger partial charge is 0.382 e. The molecule has 3 nitrogen and oxygen atoms in total. The van der Waals surface area contributed by atoms with Crippen molar-refractivity contribution in [1.29, 1.82) is 0 Å². The number of rotatable bonds is 5. The van der Waals surface area contributed by atoms with Crippen molar-refractivity contribution in [2.24, 2.45) is 5.92 Å². The maximum absolute atomic E-state index is 4.02. The van der Waals surface area contributed by atoms with Gasteiger partial charge in [-0.05, 0) is 49.8 Å². The normalized spacial score (nSPS) is 22.1. The van der Waals surface area contributed by atoms with Crippen LogP contribution in [0.5, 0.6) is 0 Å². The molecule has 0 radical (unpaired) electrons. The fourth-order valence-corrected chi connectivity index (χ4v) is 3.43. The van der Waals surface area contributed by atoms with Gasteiger partial charge in [-0.2, -0.15) is 5.10 Å². The number of nitrogens with zero attached hydrogens (tertiary/aromatic N) is 1. The molecular formula is C18H25N3. The number of aromatic amines is 1. The van der Waals surface area contributed by atoms with Gasteiger partial charge in [0.15, 0.2) is 0 Å². The van der Waals surface area contributed by atoms with E-state index < -0.39 is 0 Å². The molecule has 0 bridgehead atoms. The molecule has 2 N–H and O–H groups in total. The Morgan fingerprint density at radius 2 is 2.05 bits per heavy atom. The fourth-order valence-electron chi connectivity index (χ4n) is 3.43. The van der Waals surface area contributed by atoms with Gasteiger partial charge < -0.3 is 5.32 Å². The zero-order chi connectivity index (χ0) is 14.5. The van der Waals surface area contributed by atoms with E-state index in [0.29, 0.717) is 6.04 Å². The van der Waals surface area contributed by atoms with Crippen LogP contribution in [0, 0.1) is 5.92 Å². The smallest absolute Gasteiger partial charge is 0.0650 e. The highest BCUT2D eigenvalue weighted by Gasteiger charge is 2.20. The van der Waals surface area contributed by atoms with Crippen molar-refractivity contribution in [2.75, 3.05) is 5.32 Å². The maximum atomic E-state index is 4.02. The van der Waals surface area contributed by atoms with E-state index in [0.717, 1.165) is 11.6 Å². The molecule has 112 valence electrons. The van der Waals surface area contributed by atoms with Crippen molar-refractivity contribution in [1.82, 2.24) is 10.2 Å². The van der Waals surface area contributed by atoms with E-state index in [4.69, 9.17) is 0 Å². The molecule has 0 saturated heterocycles. The monoisotopic (exact) mass is 283 g/mol. The van der Waals surface area contributed by atoms with Crippen LogP contribution < -0.4 is 5.32 Å². The van der Waals surface area contributed by atoms with E-state index >= 15 is 0 Å². The van der Waals surface area contributed by atoms with Crippen LogP contribution in [-0.2, 0) is 0 Å². The van der Waals surface area contributed by atoms with Crippen molar-refractivity contribution < 1.29 is 0 Å². The minimum Gasteiger partial charge on any atom is -0.382 e. The Labute approximate surface area is 127 Å². The van der Waals surface area contributed by atoms with E-state index in [9.17, 15) is 0 Å². The van der Waals surface area contributed by atoms with Crippen LogP contribution in [0.15, 0.2) is 36.5 Å². The van der Waals surface area contributed by atoms with Crippen LogP contribution in [0.1, 0.15) is 45.4 Å². The van der Waals surface area contributed by atoms with Crippen LogP contribution in [0.4, 0.5) is 5.69 Å². The highest BCUT2D eigenvalue weighted by atomic mass is 15.1. The third-order valence-corrected chi connectivity index (χ3v) is 4.59. The molecule has 0 amide bonds. The minimum atomic E-state index is 0.634. The Bertz CT molecular complexity index is 539. The van der Waals surface area contributed by atoms with Crippen molar-refractivity contribution in [3.63, 3.8) is 0 Å². The van der Waals surface area contributed by atoms with Gasteiger partial charge in [0.25, 0.3) is 0 Å². The van der Waals surface area contributed by atoms with E-state index in [1.54, 1.807) is 6.20 Å². The molecule has 1 heterocycles. The van der Waals surface area contributed by atoms with Crippen molar-refractivity contribution in [2.45, 2.75) is 51.5 Å². The van der Waals surface area contributed by atoms with Crippen molar-refractivity contribution in [3.05, 3.63) is 36.5 Å². The maximum Gasteiger partial charge on any atom is 0.0650 e. The van der Waals surface area contributed by atoms with E-state index in [-0.39, 0.29) is 0 Å². The van der Waals surface area contributed by atoms with Gasteiger partial charge in [-0.15, -0.1) is 0 Å². The molecule has 2 aromatic rings. The molecular weight excluding hydrogens is 258 g/mol.